The standard InChI is InChI=1S/C18H20N2O4S2/c1-13(21)19-14-7-9-15(10-8-14)26(22,23)20-11-12-25-18(20)16-5-3-4-6-17(16)24-2/h3-10,18H,11-12H2,1-2H3,(H,19,21)/t18-/m1/s1. The van der Waals surface area contributed by atoms with Crippen LogP contribution < -0.4 is 10.1 Å². The first-order chi connectivity index (χ1) is 12.4. The van der Waals surface area contributed by atoms with E-state index in [1.165, 1.54) is 23.4 Å². The van der Waals surface area contributed by atoms with Gasteiger partial charge in [-0.05, 0) is 30.3 Å². The Morgan fingerprint density at radius 2 is 1.88 bits per heavy atom. The summed E-state index contributed by atoms with van der Waals surface area (Å²) in [5.41, 5.74) is 1.41. The lowest BCUT2D eigenvalue weighted by Gasteiger charge is -2.25. The Labute approximate surface area is 157 Å². The molecule has 0 bridgehead atoms. The fourth-order valence-electron chi connectivity index (χ4n) is 2.87. The number of amides is 1. The molecule has 1 amide bonds. The first-order valence-electron chi connectivity index (χ1n) is 8.07. The van der Waals surface area contributed by atoms with Crippen molar-refractivity contribution in [2.24, 2.45) is 0 Å². The Kier molecular flexibility index (Phi) is 5.55. The van der Waals surface area contributed by atoms with E-state index in [1.807, 2.05) is 24.3 Å². The normalized spacial score (nSPS) is 17.8. The molecule has 0 unspecified atom stereocenters. The summed E-state index contributed by atoms with van der Waals surface area (Å²) in [6, 6.07) is 13.7. The molecule has 6 nitrogen and oxygen atoms in total. The Balaban J connectivity index is 1.91. The van der Waals surface area contributed by atoms with Crippen molar-refractivity contribution in [3.05, 3.63) is 54.1 Å². The van der Waals surface area contributed by atoms with Gasteiger partial charge in [0.05, 0.1) is 17.4 Å². The lowest BCUT2D eigenvalue weighted by atomic mass is 10.2. The van der Waals surface area contributed by atoms with E-state index in [0.29, 0.717) is 23.7 Å². The number of para-hydroxylation sites is 1. The van der Waals surface area contributed by atoms with E-state index in [-0.39, 0.29) is 16.2 Å². The van der Waals surface area contributed by atoms with Crippen molar-refractivity contribution in [2.45, 2.75) is 17.2 Å². The summed E-state index contributed by atoms with van der Waals surface area (Å²) in [7, 11) is -2.08. The summed E-state index contributed by atoms with van der Waals surface area (Å²) in [5, 5.41) is 2.31. The van der Waals surface area contributed by atoms with Crippen LogP contribution in [-0.2, 0) is 14.8 Å². The zero-order valence-electron chi connectivity index (χ0n) is 14.5. The van der Waals surface area contributed by atoms with Gasteiger partial charge in [0.2, 0.25) is 15.9 Å². The minimum atomic E-state index is -3.66. The molecule has 1 aliphatic rings. The number of thioether (sulfide) groups is 1. The molecule has 138 valence electrons. The Morgan fingerprint density at radius 3 is 2.54 bits per heavy atom. The number of carbonyl (C=O) groups excluding carboxylic acids is 1. The molecule has 0 spiro atoms. The van der Waals surface area contributed by atoms with E-state index in [9.17, 15) is 13.2 Å². The van der Waals surface area contributed by atoms with E-state index in [0.717, 1.165) is 5.56 Å². The fraction of sp³-hybridized carbons (Fsp3) is 0.278. The maximum atomic E-state index is 13.1. The van der Waals surface area contributed by atoms with E-state index in [4.69, 9.17) is 4.74 Å². The number of carbonyl (C=O) groups is 1. The van der Waals surface area contributed by atoms with Gasteiger partial charge in [-0.1, -0.05) is 18.2 Å². The van der Waals surface area contributed by atoms with Crippen molar-refractivity contribution in [3.8, 4) is 5.75 Å². The predicted molar refractivity (Wildman–Crippen MR) is 103 cm³/mol. The van der Waals surface area contributed by atoms with Gasteiger partial charge >= 0.3 is 0 Å². The van der Waals surface area contributed by atoms with Gasteiger partial charge in [0, 0.05) is 30.5 Å². The zero-order valence-corrected chi connectivity index (χ0v) is 16.1. The van der Waals surface area contributed by atoms with Gasteiger partial charge in [0.15, 0.2) is 0 Å². The van der Waals surface area contributed by atoms with Crippen LogP contribution in [0.15, 0.2) is 53.4 Å². The van der Waals surface area contributed by atoms with Gasteiger partial charge in [-0.25, -0.2) is 8.42 Å². The number of benzene rings is 2. The maximum Gasteiger partial charge on any atom is 0.244 e. The van der Waals surface area contributed by atoms with Crippen LogP contribution in [0, 0.1) is 0 Å². The van der Waals surface area contributed by atoms with Crippen LogP contribution in [-0.4, -0.2) is 38.0 Å². The van der Waals surface area contributed by atoms with E-state index in [2.05, 4.69) is 5.32 Å². The predicted octanol–water partition coefficient (Wildman–Crippen LogP) is 3.09. The highest BCUT2D eigenvalue weighted by Gasteiger charge is 2.38. The number of sulfonamides is 1. The second kappa shape index (κ2) is 7.69. The molecular formula is C18H20N2O4S2. The molecule has 2 aromatic rings. The molecule has 1 atom stereocenters. The molecule has 1 aliphatic heterocycles. The van der Waals surface area contributed by atoms with Crippen molar-refractivity contribution in [2.75, 3.05) is 24.7 Å². The fourth-order valence-corrected chi connectivity index (χ4v) is 6.12. The van der Waals surface area contributed by atoms with Gasteiger partial charge in [0.1, 0.15) is 5.75 Å². The van der Waals surface area contributed by atoms with Crippen LogP contribution >= 0.6 is 11.8 Å². The van der Waals surface area contributed by atoms with Crippen molar-refractivity contribution in [1.29, 1.82) is 0 Å². The lowest BCUT2D eigenvalue weighted by Crippen LogP contribution is -2.30. The molecule has 26 heavy (non-hydrogen) atoms. The summed E-state index contributed by atoms with van der Waals surface area (Å²) in [6.45, 7) is 1.84. The maximum absolute atomic E-state index is 13.1. The van der Waals surface area contributed by atoms with Crippen LogP contribution in [0.3, 0.4) is 0 Å². The molecule has 1 fully saturated rings. The minimum Gasteiger partial charge on any atom is -0.496 e. The summed E-state index contributed by atoms with van der Waals surface area (Å²) >= 11 is 1.58. The molecular weight excluding hydrogens is 372 g/mol. The monoisotopic (exact) mass is 392 g/mol. The average Bonchev–Trinajstić information content (AvgIpc) is 3.12. The van der Waals surface area contributed by atoms with Crippen LogP contribution in [0.2, 0.25) is 0 Å². The number of hydrogen-bond donors (Lipinski definition) is 1. The number of rotatable bonds is 5. The minimum absolute atomic E-state index is 0.201. The topological polar surface area (TPSA) is 75.7 Å². The molecule has 8 heteroatoms. The summed E-state index contributed by atoms with van der Waals surface area (Å²) < 4.78 is 33.2. The highest BCUT2D eigenvalue weighted by Crippen LogP contribution is 2.44. The Hall–Kier alpha value is -2.03. The van der Waals surface area contributed by atoms with E-state index in [1.54, 1.807) is 31.0 Å². The largest absolute Gasteiger partial charge is 0.496 e. The van der Waals surface area contributed by atoms with Gasteiger partial charge in [-0.3, -0.25) is 4.79 Å². The third kappa shape index (κ3) is 3.72. The van der Waals surface area contributed by atoms with Gasteiger partial charge in [-0.15, -0.1) is 11.8 Å². The van der Waals surface area contributed by atoms with Crippen molar-refractivity contribution >= 4 is 33.4 Å². The zero-order chi connectivity index (χ0) is 18.7. The second-order valence-electron chi connectivity index (χ2n) is 5.79. The quantitative estimate of drug-likeness (QED) is 0.846. The number of nitrogens with one attached hydrogen (secondary N) is 1. The average molecular weight is 393 g/mol. The second-order valence-corrected chi connectivity index (χ2v) is 8.87. The summed E-state index contributed by atoms with van der Waals surface area (Å²) in [6.07, 6.45) is 0. The number of hydrogen-bond acceptors (Lipinski definition) is 5. The molecule has 1 saturated heterocycles. The lowest BCUT2D eigenvalue weighted by molar-refractivity contribution is -0.114. The highest BCUT2D eigenvalue weighted by atomic mass is 32.2. The molecule has 0 aliphatic carbocycles. The number of nitrogens with zero attached hydrogens (tertiary/aromatic N) is 1. The van der Waals surface area contributed by atoms with Crippen LogP contribution in [0.4, 0.5) is 5.69 Å². The molecule has 2 aromatic carbocycles. The number of anilines is 1. The SMILES string of the molecule is COc1ccccc1[C@H]1SCCN1S(=O)(=O)c1ccc(NC(C)=O)cc1. The molecule has 0 aromatic heterocycles. The number of methoxy groups -OCH3 is 1. The van der Waals surface area contributed by atoms with E-state index >= 15 is 0 Å². The third-order valence-electron chi connectivity index (χ3n) is 4.04. The Morgan fingerprint density at radius 1 is 1.19 bits per heavy atom. The van der Waals surface area contributed by atoms with Crippen LogP contribution in [0.25, 0.3) is 0 Å². The van der Waals surface area contributed by atoms with Gasteiger partial charge < -0.3 is 10.1 Å². The van der Waals surface area contributed by atoms with Crippen molar-refractivity contribution in [1.82, 2.24) is 4.31 Å². The van der Waals surface area contributed by atoms with Crippen LogP contribution in [0.5, 0.6) is 5.75 Å². The first kappa shape index (κ1) is 18.8. The van der Waals surface area contributed by atoms with Gasteiger partial charge in [-0.2, -0.15) is 4.31 Å². The first-order valence-corrected chi connectivity index (χ1v) is 10.6. The number of ether oxygens (including phenoxy) is 1. The van der Waals surface area contributed by atoms with Crippen molar-refractivity contribution in [3.63, 3.8) is 0 Å². The third-order valence-corrected chi connectivity index (χ3v) is 7.29. The van der Waals surface area contributed by atoms with E-state index < -0.39 is 10.0 Å². The van der Waals surface area contributed by atoms with Crippen LogP contribution in [0.1, 0.15) is 17.9 Å². The summed E-state index contributed by atoms with van der Waals surface area (Å²) in [4.78, 5) is 11.3. The molecule has 3 rings (SSSR count). The smallest absolute Gasteiger partial charge is 0.244 e. The molecule has 0 radical (unpaired) electrons. The molecule has 1 N–H and O–H groups in total. The molecule has 1 heterocycles. The highest BCUT2D eigenvalue weighted by molar-refractivity contribution is 8.01. The Bertz CT molecular complexity index is 898. The van der Waals surface area contributed by atoms with Crippen molar-refractivity contribution < 1.29 is 17.9 Å². The molecule has 0 saturated carbocycles. The summed E-state index contributed by atoms with van der Waals surface area (Å²) in [5.74, 6) is 1.19. The van der Waals surface area contributed by atoms with Gasteiger partial charge in [0.25, 0.3) is 0 Å².